The first kappa shape index (κ1) is 19.1. The van der Waals surface area contributed by atoms with Crippen molar-refractivity contribution in [3.05, 3.63) is 34.9 Å². The number of ether oxygens (including phenoxy) is 1. The predicted octanol–water partition coefficient (Wildman–Crippen LogP) is 3.85. The lowest BCUT2D eigenvalue weighted by molar-refractivity contribution is -0.0835. The molecule has 1 aliphatic heterocycles. The number of nitrogens with zero attached hydrogens (tertiary/aromatic N) is 1. The Morgan fingerprint density at radius 3 is 2.71 bits per heavy atom. The highest BCUT2D eigenvalue weighted by Crippen LogP contribution is 2.33. The van der Waals surface area contributed by atoms with Gasteiger partial charge < -0.3 is 15.4 Å². The first-order valence-electron chi connectivity index (χ1n) is 8.71. The van der Waals surface area contributed by atoms with Crippen LogP contribution in [0.15, 0.2) is 29.3 Å². The topological polar surface area (TPSA) is 45.7 Å². The Hall–Kier alpha value is -1.26. The molecular formula is C19H30ClN3O. The van der Waals surface area contributed by atoms with Crippen molar-refractivity contribution in [3.63, 3.8) is 0 Å². The zero-order valence-electron chi connectivity index (χ0n) is 15.2. The molecule has 0 aliphatic carbocycles. The highest BCUT2D eigenvalue weighted by molar-refractivity contribution is 6.31. The summed E-state index contributed by atoms with van der Waals surface area (Å²) < 4.78 is 6.05. The van der Waals surface area contributed by atoms with Crippen LogP contribution in [0, 0.1) is 11.3 Å². The molecule has 1 fully saturated rings. The summed E-state index contributed by atoms with van der Waals surface area (Å²) in [5, 5.41) is 7.55. The fourth-order valence-corrected chi connectivity index (χ4v) is 3.48. The monoisotopic (exact) mass is 351 g/mol. The van der Waals surface area contributed by atoms with E-state index >= 15 is 0 Å². The van der Waals surface area contributed by atoms with Crippen LogP contribution in [0.4, 0.5) is 0 Å². The Labute approximate surface area is 151 Å². The summed E-state index contributed by atoms with van der Waals surface area (Å²) >= 11 is 6.20. The van der Waals surface area contributed by atoms with E-state index in [1.807, 2.05) is 24.3 Å². The van der Waals surface area contributed by atoms with E-state index in [4.69, 9.17) is 16.3 Å². The number of nitrogens with one attached hydrogen (secondary N) is 2. The molecule has 0 spiro atoms. The molecule has 4 nitrogen and oxygen atoms in total. The highest BCUT2D eigenvalue weighted by Gasteiger charge is 2.35. The van der Waals surface area contributed by atoms with Gasteiger partial charge in [-0.15, -0.1) is 0 Å². The molecule has 0 bridgehead atoms. The third-order valence-corrected chi connectivity index (χ3v) is 4.83. The van der Waals surface area contributed by atoms with Gasteiger partial charge in [-0.05, 0) is 29.9 Å². The molecule has 134 valence electrons. The summed E-state index contributed by atoms with van der Waals surface area (Å²) in [5.41, 5.74) is 1.22. The minimum Gasteiger partial charge on any atom is -0.377 e. The van der Waals surface area contributed by atoms with E-state index in [2.05, 4.69) is 36.4 Å². The number of halogens is 1. The van der Waals surface area contributed by atoms with E-state index in [9.17, 15) is 0 Å². The number of hydrogen-bond donors (Lipinski definition) is 2. The maximum Gasteiger partial charge on any atom is 0.191 e. The maximum atomic E-state index is 6.20. The lowest BCUT2D eigenvalue weighted by Gasteiger charge is -2.40. The average Bonchev–Trinajstić information content (AvgIpc) is 2.56. The zero-order valence-corrected chi connectivity index (χ0v) is 16.0. The van der Waals surface area contributed by atoms with E-state index in [1.54, 1.807) is 7.05 Å². The smallest absolute Gasteiger partial charge is 0.191 e. The van der Waals surface area contributed by atoms with Crippen LogP contribution in [0.5, 0.6) is 0 Å². The molecule has 0 amide bonds. The fourth-order valence-electron chi connectivity index (χ4n) is 3.28. The van der Waals surface area contributed by atoms with E-state index < -0.39 is 0 Å². The van der Waals surface area contributed by atoms with Crippen molar-refractivity contribution >= 4 is 17.6 Å². The normalized spacial score (nSPS) is 22.3. The second-order valence-electron chi connectivity index (χ2n) is 7.46. The van der Waals surface area contributed by atoms with Gasteiger partial charge in [-0.25, -0.2) is 0 Å². The SMILES string of the molecule is CN=C(NCc1ccccc1Cl)NCC1CCCOC1C(C)(C)C. The van der Waals surface area contributed by atoms with Gasteiger partial charge in [-0.3, -0.25) is 4.99 Å². The lowest BCUT2D eigenvalue weighted by Crippen LogP contribution is -2.47. The van der Waals surface area contributed by atoms with Gasteiger partial charge in [0.15, 0.2) is 5.96 Å². The second-order valence-corrected chi connectivity index (χ2v) is 7.87. The number of hydrogen-bond acceptors (Lipinski definition) is 2. The second kappa shape index (κ2) is 8.72. The van der Waals surface area contributed by atoms with Crippen LogP contribution in [-0.2, 0) is 11.3 Å². The summed E-state index contributed by atoms with van der Waals surface area (Å²) in [4.78, 5) is 4.31. The summed E-state index contributed by atoms with van der Waals surface area (Å²) in [6.45, 7) is 9.15. The molecule has 0 radical (unpaired) electrons. The van der Waals surface area contributed by atoms with Gasteiger partial charge in [0.25, 0.3) is 0 Å². The maximum absolute atomic E-state index is 6.20. The quantitative estimate of drug-likeness (QED) is 0.639. The molecule has 1 aromatic rings. The van der Waals surface area contributed by atoms with E-state index in [0.29, 0.717) is 12.5 Å². The molecule has 2 unspecified atom stereocenters. The minimum absolute atomic E-state index is 0.154. The molecule has 2 rings (SSSR count). The van der Waals surface area contributed by atoms with Crippen molar-refractivity contribution in [2.24, 2.45) is 16.3 Å². The molecular weight excluding hydrogens is 322 g/mol. The first-order valence-corrected chi connectivity index (χ1v) is 9.09. The van der Waals surface area contributed by atoms with Gasteiger partial charge in [0.1, 0.15) is 0 Å². The number of aliphatic imine (C=N–C) groups is 1. The van der Waals surface area contributed by atoms with Gasteiger partial charge in [-0.1, -0.05) is 50.6 Å². The Balaban J connectivity index is 1.87. The van der Waals surface area contributed by atoms with Crippen LogP contribution in [0.2, 0.25) is 5.02 Å². The summed E-state index contributed by atoms with van der Waals surface area (Å²) in [5.74, 6) is 1.30. The predicted molar refractivity (Wildman–Crippen MR) is 102 cm³/mol. The van der Waals surface area contributed by atoms with Gasteiger partial charge in [0.05, 0.1) is 6.10 Å². The average molecular weight is 352 g/mol. The van der Waals surface area contributed by atoms with E-state index in [1.165, 1.54) is 6.42 Å². The van der Waals surface area contributed by atoms with Crippen LogP contribution in [0.1, 0.15) is 39.2 Å². The molecule has 1 saturated heterocycles. The minimum atomic E-state index is 0.154. The number of benzene rings is 1. The Morgan fingerprint density at radius 2 is 2.04 bits per heavy atom. The summed E-state index contributed by atoms with van der Waals surface area (Å²) in [7, 11) is 1.79. The largest absolute Gasteiger partial charge is 0.377 e. The standard InChI is InChI=1S/C19H30ClN3O/c1-19(2,3)17-15(9-7-11-24-17)13-23-18(21-4)22-12-14-8-5-6-10-16(14)20/h5-6,8,10,15,17H,7,9,11-13H2,1-4H3,(H2,21,22,23). The fraction of sp³-hybridized carbons (Fsp3) is 0.632. The summed E-state index contributed by atoms with van der Waals surface area (Å²) in [6.07, 6.45) is 2.60. The molecule has 1 aromatic carbocycles. The highest BCUT2D eigenvalue weighted by atomic mass is 35.5. The van der Waals surface area contributed by atoms with Crippen molar-refractivity contribution < 1.29 is 4.74 Å². The van der Waals surface area contributed by atoms with Crippen LogP contribution in [0.25, 0.3) is 0 Å². The molecule has 5 heteroatoms. The van der Waals surface area contributed by atoms with E-state index in [0.717, 1.165) is 36.1 Å². The molecule has 2 N–H and O–H groups in total. The van der Waals surface area contributed by atoms with Crippen molar-refractivity contribution in [2.75, 3.05) is 20.2 Å². The van der Waals surface area contributed by atoms with Crippen molar-refractivity contribution in [1.82, 2.24) is 10.6 Å². The van der Waals surface area contributed by atoms with Gasteiger partial charge in [0.2, 0.25) is 0 Å². The third-order valence-electron chi connectivity index (χ3n) is 4.46. The van der Waals surface area contributed by atoms with Crippen molar-refractivity contribution in [3.8, 4) is 0 Å². The molecule has 1 aliphatic rings. The Morgan fingerprint density at radius 1 is 1.29 bits per heavy atom. The first-order chi connectivity index (χ1) is 11.4. The van der Waals surface area contributed by atoms with Crippen molar-refractivity contribution in [2.45, 2.75) is 46.3 Å². The third kappa shape index (κ3) is 5.38. The van der Waals surface area contributed by atoms with Crippen molar-refractivity contribution in [1.29, 1.82) is 0 Å². The van der Waals surface area contributed by atoms with Crippen LogP contribution >= 0.6 is 11.6 Å². The van der Waals surface area contributed by atoms with Gasteiger partial charge in [-0.2, -0.15) is 0 Å². The lowest BCUT2D eigenvalue weighted by atomic mass is 9.78. The zero-order chi connectivity index (χ0) is 17.6. The van der Waals surface area contributed by atoms with Gasteiger partial charge in [0, 0.05) is 37.7 Å². The molecule has 24 heavy (non-hydrogen) atoms. The molecule has 0 saturated carbocycles. The summed E-state index contributed by atoms with van der Waals surface area (Å²) in [6, 6.07) is 7.86. The molecule has 1 heterocycles. The van der Waals surface area contributed by atoms with Crippen LogP contribution < -0.4 is 10.6 Å². The molecule has 0 aromatic heterocycles. The number of guanidine groups is 1. The van der Waals surface area contributed by atoms with Crippen LogP contribution in [0.3, 0.4) is 0 Å². The van der Waals surface area contributed by atoms with E-state index in [-0.39, 0.29) is 11.5 Å². The molecule has 2 atom stereocenters. The Bertz CT molecular complexity index is 554. The Kier molecular flexibility index (Phi) is 6.93. The number of rotatable bonds is 4. The van der Waals surface area contributed by atoms with Gasteiger partial charge >= 0.3 is 0 Å². The van der Waals surface area contributed by atoms with Crippen LogP contribution in [-0.4, -0.2) is 32.3 Å².